The number of hydrogen-bond donors (Lipinski definition) is 2. The first-order valence-corrected chi connectivity index (χ1v) is 7.55. The Morgan fingerprint density at radius 3 is 2.65 bits per heavy atom. The molecular formula is C13H14N2O4S. The van der Waals surface area contributed by atoms with Crippen molar-refractivity contribution in [1.29, 1.82) is 5.26 Å². The van der Waals surface area contributed by atoms with E-state index in [-0.39, 0.29) is 16.4 Å². The van der Waals surface area contributed by atoms with Crippen LogP contribution < -0.4 is 4.72 Å². The van der Waals surface area contributed by atoms with Crippen molar-refractivity contribution in [2.24, 2.45) is 5.92 Å². The number of sulfonamides is 1. The van der Waals surface area contributed by atoms with Crippen molar-refractivity contribution in [2.45, 2.75) is 30.2 Å². The van der Waals surface area contributed by atoms with Crippen molar-refractivity contribution < 1.29 is 18.3 Å². The predicted octanol–water partition coefficient (Wildman–Crippen LogP) is 1.09. The Morgan fingerprint density at radius 1 is 1.50 bits per heavy atom. The standard InChI is InChI=1S/C13H14N2O4S/c1-13(12(16)17,10-5-6-10)15-20(18,19)11-4-2-3-9(7-11)8-14/h2-4,7,10,15H,5-6H2,1H3,(H,16,17). The average molecular weight is 294 g/mol. The lowest BCUT2D eigenvalue weighted by Crippen LogP contribution is -2.53. The number of hydrogen-bond acceptors (Lipinski definition) is 4. The summed E-state index contributed by atoms with van der Waals surface area (Å²) < 4.78 is 26.8. The maximum Gasteiger partial charge on any atom is 0.324 e. The van der Waals surface area contributed by atoms with Crippen LogP contribution in [0.4, 0.5) is 0 Å². The first-order valence-electron chi connectivity index (χ1n) is 6.07. The SMILES string of the molecule is CC(NS(=O)(=O)c1cccc(C#N)c1)(C(=O)O)C1CC1. The number of carboxylic acid groups (broad SMARTS) is 1. The number of nitriles is 1. The molecule has 7 heteroatoms. The second-order valence-electron chi connectivity index (χ2n) is 5.03. The Hall–Kier alpha value is -1.91. The molecule has 20 heavy (non-hydrogen) atoms. The van der Waals surface area contributed by atoms with Gasteiger partial charge in [-0.2, -0.15) is 9.98 Å². The van der Waals surface area contributed by atoms with Crippen LogP contribution in [-0.4, -0.2) is 25.0 Å². The van der Waals surface area contributed by atoms with E-state index in [1.54, 1.807) is 0 Å². The van der Waals surface area contributed by atoms with E-state index in [1.165, 1.54) is 31.2 Å². The second kappa shape index (κ2) is 4.89. The topological polar surface area (TPSA) is 107 Å². The Labute approximate surface area is 117 Å². The van der Waals surface area contributed by atoms with Gasteiger partial charge < -0.3 is 5.11 Å². The molecule has 2 rings (SSSR count). The predicted molar refractivity (Wildman–Crippen MR) is 70.2 cm³/mol. The molecule has 6 nitrogen and oxygen atoms in total. The highest BCUT2D eigenvalue weighted by Crippen LogP contribution is 2.40. The minimum atomic E-state index is -3.98. The van der Waals surface area contributed by atoms with Gasteiger partial charge in [0.25, 0.3) is 0 Å². The number of nitrogens with one attached hydrogen (secondary N) is 1. The zero-order chi connectivity index (χ0) is 15.0. The van der Waals surface area contributed by atoms with Crippen LogP contribution in [0, 0.1) is 17.2 Å². The van der Waals surface area contributed by atoms with Crippen molar-refractivity contribution in [1.82, 2.24) is 4.72 Å². The molecule has 0 aliphatic heterocycles. The summed E-state index contributed by atoms with van der Waals surface area (Å²) in [5.74, 6) is -1.39. The molecule has 0 aromatic heterocycles. The monoisotopic (exact) mass is 294 g/mol. The number of aliphatic carboxylic acids is 1. The Morgan fingerprint density at radius 2 is 2.15 bits per heavy atom. The molecule has 0 bridgehead atoms. The normalized spacial score (nSPS) is 18.0. The molecule has 1 aromatic carbocycles. The second-order valence-corrected chi connectivity index (χ2v) is 6.71. The zero-order valence-corrected chi connectivity index (χ0v) is 11.6. The summed E-state index contributed by atoms with van der Waals surface area (Å²) in [6, 6.07) is 7.33. The van der Waals surface area contributed by atoms with E-state index < -0.39 is 21.5 Å². The fourth-order valence-electron chi connectivity index (χ4n) is 2.03. The molecule has 0 radical (unpaired) electrons. The molecule has 1 aliphatic carbocycles. The van der Waals surface area contributed by atoms with E-state index in [1.807, 2.05) is 6.07 Å². The van der Waals surface area contributed by atoms with E-state index in [0.717, 1.165) is 0 Å². The molecule has 1 aromatic rings. The molecule has 0 amide bonds. The van der Waals surface area contributed by atoms with Crippen LogP contribution in [0.15, 0.2) is 29.2 Å². The third-order valence-corrected chi connectivity index (χ3v) is 5.03. The minimum absolute atomic E-state index is 0.107. The summed E-state index contributed by atoms with van der Waals surface area (Å²) in [6.07, 6.45) is 1.37. The number of carboxylic acids is 1. The summed E-state index contributed by atoms with van der Waals surface area (Å²) in [5, 5.41) is 18.1. The zero-order valence-electron chi connectivity index (χ0n) is 10.8. The van der Waals surface area contributed by atoms with Gasteiger partial charge in [0.1, 0.15) is 5.54 Å². The molecule has 0 saturated heterocycles. The molecule has 106 valence electrons. The van der Waals surface area contributed by atoms with Crippen LogP contribution in [0.3, 0.4) is 0 Å². The maximum absolute atomic E-state index is 12.3. The smallest absolute Gasteiger partial charge is 0.324 e. The number of benzene rings is 1. The Balaban J connectivity index is 2.35. The molecule has 1 unspecified atom stereocenters. The van der Waals surface area contributed by atoms with Crippen LogP contribution >= 0.6 is 0 Å². The summed E-state index contributed by atoms with van der Waals surface area (Å²) in [7, 11) is -3.98. The molecule has 1 aliphatic rings. The summed E-state index contributed by atoms with van der Waals surface area (Å²) in [6.45, 7) is 1.37. The van der Waals surface area contributed by atoms with E-state index in [2.05, 4.69) is 4.72 Å². The lowest BCUT2D eigenvalue weighted by molar-refractivity contribution is -0.144. The third kappa shape index (κ3) is 2.66. The molecule has 1 saturated carbocycles. The summed E-state index contributed by atoms with van der Waals surface area (Å²) in [5.41, 5.74) is -1.31. The van der Waals surface area contributed by atoms with Gasteiger partial charge in [-0.1, -0.05) is 6.07 Å². The largest absolute Gasteiger partial charge is 0.480 e. The highest BCUT2D eigenvalue weighted by molar-refractivity contribution is 7.89. The van der Waals surface area contributed by atoms with Gasteiger partial charge in [-0.05, 0) is 43.9 Å². The van der Waals surface area contributed by atoms with Crippen molar-refractivity contribution in [3.05, 3.63) is 29.8 Å². The van der Waals surface area contributed by atoms with E-state index >= 15 is 0 Å². The number of nitrogens with zero attached hydrogens (tertiary/aromatic N) is 1. The summed E-state index contributed by atoms with van der Waals surface area (Å²) in [4.78, 5) is 11.2. The third-order valence-electron chi connectivity index (χ3n) is 3.46. The molecule has 0 spiro atoms. The van der Waals surface area contributed by atoms with Crippen molar-refractivity contribution in [3.8, 4) is 6.07 Å². The fourth-order valence-corrected chi connectivity index (χ4v) is 3.50. The molecule has 1 atom stereocenters. The highest BCUT2D eigenvalue weighted by Gasteiger charge is 2.50. The summed E-state index contributed by atoms with van der Waals surface area (Å²) >= 11 is 0. The van der Waals surface area contributed by atoms with Gasteiger partial charge in [-0.3, -0.25) is 4.79 Å². The Kier molecular flexibility index (Phi) is 3.54. The maximum atomic E-state index is 12.3. The van der Waals surface area contributed by atoms with Gasteiger partial charge in [0.2, 0.25) is 10.0 Å². The van der Waals surface area contributed by atoms with Crippen LogP contribution in [-0.2, 0) is 14.8 Å². The first kappa shape index (κ1) is 14.5. The van der Waals surface area contributed by atoms with Gasteiger partial charge in [-0.15, -0.1) is 0 Å². The molecule has 2 N–H and O–H groups in total. The van der Waals surface area contributed by atoms with Crippen molar-refractivity contribution in [2.75, 3.05) is 0 Å². The van der Waals surface area contributed by atoms with Crippen LogP contribution in [0.5, 0.6) is 0 Å². The number of carbonyl (C=O) groups is 1. The van der Waals surface area contributed by atoms with Crippen LogP contribution in [0.2, 0.25) is 0 Å². The first-order chi connectivity index (χ1) is 9.29. The molecule has 0 heterocycles. The Bertz CT molecular complexity index is 689. The molecular weight excluding hydrogens is 280 g/mol. The van der Waals surface area contributed by atoms with Gasteiger partial charge in [0, 0.05) is 0 Å². The van der Waals surface area contributed by atoms with Crippen LogP contribution in [0.1, 0.15) is 25.3 Å². The van der Waals surface area contributed by atoms with Gasteiger partial charge in [0.15, 0.2) is 0 Å². The number of rotatable bonds is 5. The molecule has 1 fully saturated rings. The van der Waals surface area contributed by atoms with E-state index in [4.69, 9.17) is 5.26 Å². The fraction of sp³-hybridized carbons (Fsp3) is 0.385. The van der Waals surface area contributed by atoms with Gasteiger partial charge in [0.05, 0.1) is 16.5 Å². The van der Waals surface area contributed by atoms with Crippen molar-refractivity contribution >= 4 is 16.0 Å². The lowest BCUT2D eigenvalue weighted by Gasteiger charge is -2.25. The van der Waals surface area contributed by atoms with Gasteiger partial charge in [-0.25, -0.2) is 8.42 Å². The van der Waals surface area contributed by atoms with Gasteiger partial charge >= 0.3 is 5.97 Å². The minimum Gasteiger partial charge on any atom is -0.480 e. The average Bonchev–Trinajstić information content (AvgIpc) is 3.22. The van der Waals surface area contributed by atoms with E-state index in [9.17, 15) is 18.3 Å². The van der Waals surface area contributed by atoms with Crippen molar-refractivity contribution in [3.63, 3.8) is 0 Å². The quantitative estimate of drug-likeness (QED) is 0.845. The van der Waals surface area contributed by atoms with Crippen LogP contribution in [0.25, 0.3) is 0 Å². The lowest BCUT2D eigenvalue weighted by atomic mass is 9.98. The van der Waals surface area contributed by atoms with E-state index in [0.29, 0.717) is 12.8 Å². The highest BCUT2D eigenvalue weighted by atomic mass is 32.2.